The fraction of sp³-hybridized carbons (Fsp3) is 0.273. The van der Waals surface area contributed by atoms with Crippen LogP contribution in [0.1, 0.15) is 5.56 Å². The predicted molar refractivity (Wildman–Crippen MR) is 58.7 cm³/mol. The third-order valence-corrected chi connectivity index (χ3v) is 2.41. The maximum Gasteiger partial charge on any atom is 0.352 e. The zero-order chi connectivity index (χ0) is 13.9. The fourth-order valence-corrected chi connectivity index (χ4v) is 1.51. The number of aliphatic hydroxyl groups is 1. The summed E-state index contributed by atoms with van der Waals surface area (Å²) < 4.78 is 9.74. The van der Waals surface area contributed by atoms with Crippen LogP contribution in [0.25, 0.3) is 0 Å². The first-order valence-corrected chi connectivity index (χ1v) is 4.80. The van der Waals surface area contributed by atoms with E-state index < -0.39 is 23.1 Å². The Bertz CT molecular complexity index is 444. The quantitative estimate of drug-likeness (QED) is 0.638. The van der Waals surface area contributed by atoms with Gasteiger partial charge in [0, 0.05) is 0 Å². The van der Waals surface area contributed by atoms with Gasteiger partial charge in [-0.1, -0.05) is 6.07 Å². The van der Waals surface area contributed by atoms with Crippen molar-refractivity contribution in [3.05, 3.63) is 23.8 Å². The van der Waals surface area contributed by atoms with Gasteiger partial charge in [-0.3, -0.25) is 0 Å². The molecule has 98 valence electrons. The van der Waals surface area contributed by atoms with E-state index in [2.05, 4.69) is 0 Å². The molecular formula is C11H12O7. The Morgan fingerprint density at radius 1 is 1.06 bits per heavy atom. The van der Waals surface area contributed by atoms with Gasteiger partial charge in [0.15, 0.2) is 0 Å². The third-order valence-electron chi connectivity index (χ3n) is 2.41. The monoisotopic (exact) mass is 256 g/mol. The molecule has 0 spiro atoms. The van der Waals surface area contributed by atoms with Crippen LogP contribution < -0.4 is 9.47 Å². The van der Waals surface area contributed by atoms with Gasteiger partial charge in [-0.25, -0.2) is 9.59 Å². The van der Waals surface area contributed by atoms with Crippen LogP contribution in [0.4, 0.5) is 0 Å². The molecule has 1 aromatic carbocycles. The second kappa shape index (κ2) is 4.92. The van der Waals surface area contributed by atoms with Crippen molar-refractivity contribution >= 4 is 11.9 Å². The van der Waals surface area contributed by atoms with Gasteiger partial charge in [-0.05, 0) is 12.1 Å². The van der Waals surface area contributed by atoms with E-state index in [9.17, 15) is 14.7 Å². The van der Waals surface area contributed by atoms with Crippen LogP contribution >= 0.6 is 0 Å². The van der Waals surface area contributed by atoms with Crippen molar-refractivity contribution in [2.45, 2.75) is 5.60 Å². The zero-order valence-electron chi connectivity index (χ0n) is 9.71. The van der Waals surface area contributed by atoms with Gasteiger partial charge < -0.3 is 24.8 Å². The average Bonchev–Trinajstić information content (AvgIpc) is 2.36. The number of ether oxygens (including phenoxy) is 2. The Morgan fingerprint density at radius 3 is 1.72 bits per heavy atom. The molecule has 0 saturated carbocycles. The van der Waals surface area contributed by atoms with E-state index in [1.165, 1.54) is 32.4 Å². The van der Waals surface area contributed by atoms with Crippen molar-refractivity contribution in [1.82, 2.24) is 0 Å². The molecule has 0 saturated heterocycles. The summed E-state index contributed by atoms with van der Waals surface area (Å²) in [6.07, 6.45) is 0. The molecule has 1 rings (SSSR count). The van der Waals surface area contributed by atoms with Crippen LogP contribution in [0.2, 0.25) is 0 Å². The van der Waals surface area contributed by atoms with Gasteiger partial charge >= 0.3 is 11.9 Å². The van der Waals surface area contributed by atoms with E-state index >= 15 is 0 Å². The number of hydrogen-bond acceptors (Lipinski definition) is 5. The first kappa shape index (κ1) is 13.8. The van der Waals surface area contributed by atoms with Crippen LogP contribution in [-0.4, -0.2) is 41.5 Å². The number of carbonyl (C=O) groups is 2. The lowest BCUT2D eigenvalue weighted by Gasteiger charge is -2.23. The van der Waals surface area contributed by atoms with Crippen molar-refractivity contribution in [2.75, 3.05) is 14.2 Å². The van der Waals surface area contributed by atoms with E-state index in [1.807, 2.05) is 0 Å². The number of benzene rings is 1. The number of rotatable bonds is 5. The molecule has 0 radical (unpaired) electrons. The topological polar surface area (TPSA) is 113 Å². The predicted octanol–water partition coefficient (Wildman–Crippen LogP) is 0.0606. The van der Waals surface area contributed by atoms with E-state index in [1.54, 1.807) is 0 Å². The van der Waals surface area contributed by atoms with Crippen molar-refractivity contribution in [3.8, 4) is 11.5 Å². The molecule has 3 N–H and O–H groups in total. The minimum atomic E-state index is -3.14. The first-order valence-electron chi connectivity index (χ1n) is 4.80. The minimum absolute atomic E-state index is 0.0957. The highest BCUT2D eigenvalue weighted by molar-refractivity contribution is 6.03. The summed E-state index contributed by atoms with van der Waals surface area (Å²) in [6, 6.07) is 4.13. The fourth-order valence-electron chi connectivity index (χ4n) is 1.51. The molecule has 7 nitrogen and oxygen atoms in total. The number of carboxylic acid groups (broad SMARTS) is 2. The molecule has 0 aliphatic carbocycles. The summed E-state index contributed by atoms with van der Waals surface area (Å²) in [5.41, 5.74) is -3.60. The molecule has 0 unspecified atom stereocenters. The van der Waals surface area contributed by atoms with Crippen LogP contribution in [0.5, 0.6) is 11.5 Å². The van der Waals surface area contributed by atoms with Gasteiger partial charge in [0.1, 0.15) is 11.5 Å². The maximum atomic E-state index is 11.1. The highest BCUT2D eigenvalue weighted by atomic mass is 16.5. The van der Waals surface area contributed by atoms with Gasteiger partial charge in [0.25, 0.3) is 5.60 Å². The third kappa shape index (κ3) is 1.95. The van der Waals surface area contributed by atoms with Gasteiger partial charge in [-0.15, -0.1) is 0 Å². The maximum absolute atomic E-state index is 11.1. The highest BCUT2D eigenvalue weighted by Crippen LogP contribution is 2.38. The molecule has 0 fully saturated rings. The second-order valence-corrected chi connectivity index (χ2v) is 3.36. The first-order chi connectivity index (χ1) is 8.39. The summed E-state index contributed by atoms with van der Waals surface area (Å²) in [6.45, 7) is 0. The molecule has 7 heteroatoms. The van der Waals surface area contributed by atoms with Crippen LogP contribution in [0, 0.1) is 0 Å². The molecule has 0 atom stereocenters. The Hall–Kier alpha value is -2.28. The number of methoxy groups -OCH3 is 2. The summed E-state index contributed by atoms with van der Waals surface area (Å²) in [4.78, 5) is 22.1. The van der Waals surface area contributed by atoms with Crippen LogP contribution in [-0.2, 0) is 15.2 Å². The lowest BCUT2D eigenvalue weighted by Crippen LogP contribution is -2.44. The Morgan fingerprint density at radius 2 is 1.44 bits per heavy atom. The van der Waals surface area contributed by atoms with Gasteiger partial charge in [0.2, 0.25) is 0 Å². The highest BCUT2D eigenvalue weighted by Gasteiger charge is 2.50. The van der Waals surface area contributed by atoms with E-state index in [0.717, 1.165) is 0 Å². The number of aliphatic carboxylic acids is 2. The minimum Gasteiger partial charge on any atom is -0.496 e. The standard InChI is InChI=1S/C11H12O7/c1-17-6-4-3-5-7(18-2)8(6)11(16,9(12)13)10(14)15/h3-5,16H,1-2H3,(H,12,13)(H,14,15). The SMILES string of the molecule is COc1cccc(OC)c1C(O)(C(=O)O)C(=O)O. The smallest absolute Gasteiger partial charge is 0.352 e. The van der Waals surface area contributed by atoms with Crippen LogP contribution in [0.3, 0.4) is 0 Å². The molecule has 0 amide bonds. The van der Waals surface area contributed by atoms with E-state index in [0.29, 0.717) is 0 Å². The molecule has 0 aliphatic rings. The summed E-state index contributed by atoms with van der Waals surface area (Å²) >= 11 is 0. The summed E-state index contributed by atoms with van der Waals surface area (Å²) in [5, 5.41) is 27.8. The van der Waals surface area contributed by atoms with Gasteiger partial charge in [-0.2, -0.15) is 0 Å². The van der Waals surface area contributed by atoms with Crippen molar-refractivity contribution in [2.24, 2.45) is 0 Å². The number of carboxylic acids is 2. The Balaban J connectivity index is 3.64. The van der Waals surface area contributed by atoms with Crippen molar-refractivity contribution < 1.29 is 34.4 Å². The molecule has 0 heterocycles. The van der Waals surface area contributed by atoms with Crippen molar-refractivity contribution in [1.29, 1.82) is 0 Å². The molecule has 1 aromatic rings. The second-order valence-electron chi connectivity index (χ2n) is 3.36. The lowest BCUT2D eigenvalue weighted by molar-refractivity contribution is -0.177. The van der Waals surface area contributed by atoms with Crippen LogP contribution in [0.15, 0.2) is 18.2 Å². The molecular weight excluding hydrogens is 244 g/mol. The Kier molecular flexibility index (Phi) is 3.77. The Labute approximate surface area is 102 Å². The summed E-state index contributed by atoms with van der Waals surface area (Å²) in [7, 11) is 2.45. The normalized spacial score (nSPS) is 10.8. The van der Waals surface area contributed by atoms with E-state index in [4.69, 9.17) is 19.7 Å². The molecule has 0 aromatic heterocycles. The van der Waals surface area contributed by atoms with Crippen molar-refractivity contribution in [3.63, 3.8) is 0 Å². The molecule has 0 bridgehead atoms. The lowest BCUT2D eigenvalue weighted by atomic mass is 9.92. The van der Waals surface area contributed by atoms with E-state index in [-0.39, 0.29) is 11.5 Å². The molecule has 18 heavy (non-hydrogen) atoms. The van der Waals surface area contributed by atoms with Gasteiger partial charge in [0.05, 0.1) is 19.8 Å². The average molecular weight is 256 g/mol. The largest absolute Gasteiger partial charge is 0.496 e. The summed E-state index contributed by atoms with van der Waals surface area (Å²) in [5.74, 6) is -4.06. The zero-order valence-corrected chi connectivity index (χ0v) is 9.71. The molecule has 0 aliphatic heterocycles. The number of hydrogen-bond donors (Lipinski definition) is 3.